The van der Waals surface area contributed by atoms with Gasteiger partial charge in [0.1, 0.15) is 11.7 Å². The molecule has 8 heteroatoms. The van der Waals surface area contributed by atoms with Gasteiger partial charge in [-0.25, -0.2) is 13.6 Å². The lowest BCUT2D eigenvalue weighted by molar-refractivity contribution is -0.154. The van der Waals surface area contributed by atoms with Crippen LogP contribution in [0.25, 0.3) is 0 Å². The van der Waals surface area contributed by atoms with Gasteiger partial charge in [-0.15, -0.1) is 0 Å². The highest BCUT2D eigenvalue weighted by Gasteiger charge is 2.52. The summed E-state index contributed by atoms with van der Waals surface area (Å²) in [6.45, 7) is 4.43. The molecule has 2 fully saturated rings. The molecule has 22 heavy (non-hydrogen) atoms. The highest BCUT2D eigenvalue weighted by molar-refractivity contribution is 5.83. The van der Waals surface area contributed by atoms with Crippen LogP contribution >= 0.6 is 0 Å². The minimum atomic E-state index is -3.23. The molecule has 0 aliphatic carbocycles. The van der Waals surface area contributed by atoms with Crippen molar-refractivity contribution in [3.05, 3.63) is 0 Å². The molecule has 6 nitrogen and oxygen atoms in total. The standard InChI is InChI=1S/C14H22F2N2O4/c1-13(2,3)22-12(21)17-6-5-10(14(15,16)8-17)18-7-4-9(19)11(18)20/h9-10,19H,4-8H2,1-3H3. The van der Waals surface area contributed by atoms with Gasteiger partial charge in [0, 0.05) is 13.1 Å². The van der Waals surface area contributed by atoms with Gasteiger partial charge in [-0.2, -0.15) is 0 Å². The number of rotatable bonds is 1. The summed E-state index contributed by atoms with van der Waals surface area (Å²) in [4.78, 5) is 25.6. The Labute approximate surface area is 128 Å². The van der Waals surface area contributed by atoms with E-state index in [1.165, 1.54) is 0 Å². The van der Waals surface area contributed by atoms with Gasteiger partial charge in [-0.05, 0) is 33.6 Å². The molecular weight excluding hydrogens is 298 g/mol. The summed E-state index contributed by atoms with van der Waals surface area (Å²) in [5, 5.41) is 9.42. The molecule has 1 N–H and O–H groups in total. The van der Waals surface area contributed by atoms with Crippen molar-refractivity contribution < 1.29 is 28.2 Å². The molecule has 2 heterocycles. The van der Waals surface area contributed by atoms with E-state index in [1.807, 2.05) is 0 Å². The number of nitrogens with zero attached hydrogens (tertiary/aromatic N) is 2. The summed E-state index contributed by atoms with van der Waals surface area (Å²) in [7, 11) is 0. The van der Waals surface area contributed by atoms with Crippen LogP contribution in [0.1, 0.15) is 33.6 Å². The summed E-state index contributed by atoms with van der Waals surface area (Å²) in [6.07, 6.45) is -1.84. The van der Waals surface area contributed by atoms with Gasteiger partial charge in [0.05, 0.1) is 12.6 Å². The third kappa shape index (κ3) is 3.48. The second kappa shape index (κ2) is 5.64. The Morgan fingerprint density at radius 2 is 1.95 bits per heavy atom. The number of halogens is 2. The predicted octanol–water partition coefficient (Wildman–Crippen LogP) is 1.22. The molecule has 0 spiro atoms. The van der Waals surface area contributed by atoms with Crippen LogP contribution in [0.5, 0.6) is 0 Å². The smallest absolute Gasteiger partial charge is 0.410 e. The fourth-order valence-corrected chi connectivity index (χ4v) is 2.79. The van der Waals surface area contributed by atoms with Crippen LogP contribution in [0.2, 0.25) is 0 Å². The fraction of sp³-hybridized carbons (Fsp3) is 0.857. The molecule has 2 aliphatic rings. The van der Waals surface area contributed by atoms with Crippen molar-refractivity contribution in [3.8, 4) is 0 Å². The quantitative estimate of drug-likeness (QED) is 0.789. The number of amides is 2. The Bertz CT molecular complexity index is 464. The molecule has 2 amide bonds. The molecule has 2 aliphatic heterocycles. The highest BCUT2D eigenvalue weighted by Crippen LogP contribution is 2.34. The van der Waals surface area contributed by atoms with Crippen molar-refractivity contribution in [2.24, 2.45) is 0 Å². The molecule has 0 radical (unpaired) electrons. The third-order valence-corrected chi connectivity index (χ3v) is 3.80. The Hall–Kier alpha value is -1.44. The minimum absolute atomic E-state index is 0.0370. The molecule has 2 atom stereocenters. The van der Waals surface area contributed by atoms with Crippen LogP contribution in [0.3, 0.4) is 0 Å². The van der Waals surface area contributed by atoms with Crippen molar-refractivity contribution in [2.45, 2.75) is 57.3 Å². The molecule has 126 valence electrons. The van der Waals surface area contributed by atoms with E-state index in [0.717, 1.165) is 9.80 Å². The molecule has 0 aromatic carbocycles. The summed E-state index contributed by atoms with van der Waals surface area (Å²) >= 11 is 0. The zero-order valence-corrected chi connectivity index (χ0v) is 13.0. The Morgan fingerprint density at radius 3 is 2.41 bits per heavy atom. The molecule has 0 saturated carbocycles. The van der Waals surface area contributed by atoms with E-state index in [2.05, 4.69) is 0 Å². The van der Waals surface area contributed by atoms with E-state index in [9.17, 15) is 23.5 Å². The van der Waals surface area contributed by atoms with Gasteiger partial charge in [0.25, 0.3) is 11.8 Å². The van der Waals surface area contributed by atoms with Gasteiger partial charge in [0.2, 0.25) is 0 Å². The largest absolute Gasteiger partial charge is 0.444 e. The van der Waals surface area contributed by atoms with Crippen molar-refractivity contribution >= 4 is 12.0 Å². The van der Waals surface area contributed by atoms with E-state index in [-0.39, 0.29) is 25.9 Å². The Morgan fingerprint density at radius 1 is 1.32 bits per heavy atom. The number of aliphatic hydroxyl groups is 1. The van der Waals surface area contributed by atoms with Gasteiger partial charge in [-0.1, -0.05) is 0 Å². The molecule has 2 saturated heterocycles. The van der Waals surface area contributed by atoms with Crippen LogP contribution in [-0.2, 0) is 9.53 Å². The first-order chi connectivity index (χ1) is 10.0. The normalized spacial score (nSPS) is 28.9. The first-order valence-corrected chi connectivity index (χ1v) is 7.35. The number of piperidine rings is 1. The first-order valence-electron chi connectivity index (χ1n) is 7.35. The highest BCUT2D eigenvalue weighted by atomic mass is 19.3. The van der Waals surface area contributed by atoms with E-state index in [1.54, 1.807) is 20.8 Å². The van der Waals surface area contributed by atoms with Crippen LogP contribution in [0.15, 0.2) is 0 Å². The molecule has 2 rings (SSSR count). The van der Waals surface area contributed by atoms with Gasteiger partial charge < -0.3 is 19.6 Å². The summed E-state index contributed by atoms with van der Waals surface area (Å²) in [6, 6.07) is -1.28. The van der Waals surface area contributed by atoms with Crippen molar-refractivity contribution in [3.63, 3.8) is 0 Å². The van der Waals surface area contributed by atoms with Crippen LogP contribution in [0, 0.1) is 0 Å². The number of hydrogen-bond donors (Lipinski definition) is 1. The number of hydrogen-bond acceptors (Lipinski definition) is 4. The summed E-state index contributed by atoms with van der Waals surface area (Å²) in [5.74, 6) is -3.88. The fourth-order valence-electron chi connectivity index (χ4n) is 2.79. The SMILES string of the molecule is CC(C)(C)OC(=O)N1CCC(N2CCC(O)C2=O)C(F)(F)C1. The lowest BCUT2D eigenvalue weighted by Gasteiger charge is -2.42. The number of ether oxygens (including phenoxy) is 1. The maximum atomic E-state index is 14.3. The topological polar surface area (TPSA) is 70.1 Å². The van der Waals surface area contributed by atoms with Gasteiger partial charge in [-0.3, -0.25) is 4.79 Å². The van der Waals surface area contributed by atoms with Crippen LogP contribution < -0.4 is 0 Å². The maximum Gasteiger partial charge on any atom is 0.410 e. The molecule has 2 unspecified atom stereocenters. The maximum absolute atomic E-state index is 14.3. The molecular formula is C14H22F2N2O4. The first kappa shape index (κ1) is 16.9. The minimum Gasteiger partial charge on any atom is -0.444 e. The third-order valence-electron chi connectivity index (χ3n) is 3.80. The van der Waals surface area contributed by atoms with E-state index in [4.69, 9.17) is 4.74 Å². The molecule has 0 aromatic rings. The average Bonchev–Trinajstić information content (AvgIpc) is 2.67. The number of carbonyl (C=O) groups excluding carboxylic acids is 2. The molecule has 0 aromatic heterocycles. The average molecular weight is 320 g/mol. The van der Waals surface area contributed by atoms with Crippen molar-refractivity contribution in [1.29, 1.82) is 0 Å². The van der Waals surface area contributed by atoms with Crippen LogP contribution in [0.4, 0.5) is 13.6 Å². The second-order valence-corrected chi connectivity index (χ2v) is 6.80. The lowest BCUT2D eigenvalue weighted by Crippen LogP contribution is -2.60. The molecule has 0 bridgehead atoms. The van der Waals surface area contributed by atoms with Crippen molar-refractivity contribution in [1.82, 2.24) is 9.80 Å². The zero-order valence-electron chi connectivity index (χ0n) is 13.0. The lowest BCUT2D eigenvalue weighted by atomic mass is 9.99. The second-order valence-electron chi connectivity index (χ2n) is 6.80. The van der Waals surface area contributed by atoms with E-state index in [0.29, 0.717) is 0 Å². The van der Waals surface area contributed by atoms with Gasteiger partial charge >= 0.3 is 6.09 Å². The zero-order chi connectivity index (χ0) is 16.7. The number of likely N-dealkylation sites (tertiary alicyclic amines) is 2. The predicted molar refractivity (Wildman–Crippen MR) is 73.5 cm³/mol. The van der Waals surface area contributed by atoms with Crippen LogP contribution in [-0.4, -0.2) is 70.2 Å². The van der Waals surface area contributed by atoms with E-state index < -0.39 is 42.2 Å². The number of alkyl halides is 2. The van der Waals surface area contributed by atoms with Gasteiger partial charge in [0.15, 0.2) is 0 Å². The Kier molecular flexibility index (Phi) is 4.34. The van der Waals surface area contributed by atoms with E-state index >= 15 is 0 Å². The number of aliphatic hydroxyl groups excluding tert-OH is 1. The monoisotopic (exact) mass is 320 g/mol. The van der Waals surface area contributed by atoms with Crippen molar-refractivity contribution in [2.75, 3.05) is 19.6 Å². The Balaban J connectivity index is 2.04. The summed E-state index contributed by atoms with van der Waals surface area (Å²) in [5.41, 5.74) is -0.752. The number of carbonyl (C=O) groups is 2. The summed E-state index contributed by atoms with van der Waals surface area (Å²) < 4.78 is 33.8.